The standard InChI is InChI=1S/C45H47N7O15S2/c1-64-37-16-8-33(9-17-37)27-69-38-22-40(49(23-38)45(57)67-26-32-6-14-36(15-7-32)52(62)63)42(54)48-20-18-47(19-21-48)41(53)29-68-28-39(43(55)65-24-30-2-10-34(11-3-30)50(58)59)46-44(56)66-25-31-4-12-35(13-5-31)51(60)61/h2-17,38-40H,18-29H2,1H3,(H,46,56)/t38-,39+,40-/m0/s1. The Bertz CT molecular complexity index is 2480. The molecule has 2 fully saturated rings. The quantitative estimate of drug-likeness (QED) is 0.0469. The molecule has 0 saturated carbocycles. The first kappa shape index (κ1) is 50.9. The number of rotatable bonds is 20. The average molecular weight is 990 g/mol. The number of thioether (sulfide) groups is 2. The number of amides is 4. The summed E-state index contributed by atoms with van der Waals surface area (Å²) in [5.74, 6) is -0.346. The number of nitrogens with one attached hydrogen (secondary N) is 1. The van der Waals surface area contributed by atoms with Crippen LogP contribution in [0.2, 0.25) is 0 Å². The number of carbonyl (C=O) groups excluding carboxylic acids is 5. The third kappa shape index (κ3) is 14.8. The van der Waals surface area contributed by atoms with Gasteiger partial charge in [0, 0.05) is 85.9 Å². The predicted octanol–water partition coefficient (Wildman–Crippen LogP) is 5.88. The number of nitro groups is 3. The summed E-state index contributed by atoms with van der Waals surface area (Å²) >= 11 is 2.65. The third-order valence-corrected chi connectivity index (χ3v) is 13.3. The Kier molecular flexibility index (Phi) is 18.1. The number of alkyl carbamates (subject to hydrolysis) is 1. The molecule has 0 radical (unpaired) electrons. The van der Waals surface area contributed by atoms with E-state index in [0.29, 0.717) is 28.9 Å². The van der Waals surface area contributed by atoms with Gasteiger partial charge in [0.15, 0.2) is 0 Å². The van der Waals surface area contributed by atoms with E-state index >= 15 is 0 Å². The fourth-order valence-electron chi connectivity index (χ4n) is 7.16. The van der Waals surface area contributed by atoms with E-state index in [0.717, 1.165) is 23.1 Å². The van der Waals surface area contributed by atoms with E-state index in [1.807, 2.05) is 24.3 Å². The molecule has 0 aromatic heterocycles. The largest absolute Gasteiger partial charge is 0.497 e. The summed E-state index contributed by atoms with van der Waals surface area (Å²) in [7, 11) is 1.58. The van der Waals surface area contributed by atoms with Crippen LogP contribution in [0.3, 0.4) is 0 Å². The molecule has 2 aliphatic rings. The SMILES string of the molecule is COc1ccc(CS[C@H]2C[C@@H](C(=O)N3CCN(C(=O)CSC[C@@H](NC(=O)OCc4ccc([N+](=O)[O-])cc4)C(=O)OCc4ccc([N+](=O)[O-])cc4)CC3)N(C(=O)OCc3ccc([N+](=O)[O-])cc3)C2)cc1. The number of carbonyl (C=O) groups is 5. The molecule has 2 saturated heterocycles. The van der Waals surface area contributed by atoms with E-state index in [1.54, 1.807) is 28.7 Å². The second-order valence-corrected chi connectivity index (χ2v) is 17.9. The molecular formula is C45H47N7O15S2. The van der Waals surface area contributed by atoms with E-state index in [-0.39, 0.29) is 98.2 Å². The van der Waals surface area contributed by atoms with Gasteiger partial charge in [-0.3, -0.25) is 44.8 Å². The highest BCUT2D eigenvalue weighted by molar-refractivity contribution is 8.00. The normalized spacial score (nSPS) is 15.9. The number of piperazine rings is 1. The molecule has 0 unspecified atom stereocenters. The van der Waals surface area contributed by atoms with Crippen molar-refractivity contribution in [3.8, 4) is 5.75 Å². The van der Waals surface area contributed by atoms with Crippen LogP contribution in [0.5, 0.6) is 5.75 Å². The molecular weight excluding hydrogens is 943 g/mol. The van der Waals surface area contributed by atoms with Gasteiger partial charge in [0.05, 0.1) is 27.6 Å². The minimum atomic E-state index is -1.30. The van der Waals surface area contributed by atoms with Crippen molar-refractivity contribution in [1.82, 2.24) is 20.0 Å². The summed E-state index contributed by atoms with van der Waals surface area (Å²) in [5.41, 5.74) is 2.04. The first-order valence-corrected chi connectivity index (χ1v) is 23.5. The van der Waals surface area contributed by atoms with Crippen LogP contribution in [0.15, 0.2) is 97.1 Å². The van der Waals surface area contributed by atoms with Crippen LogP contribution < -0.4 is 10.1 Å². The lowest BCUT2D eigenvalue weighted by molar-refractivity contribution is -0.385. The lowest BCUT2D eigenvalue weighted by Crippen LogP contribution is -2.55. The topological polar surface area (TPSA) is 273 Å². The van der Waals surface area contributed by atoms with Crippen LogP contribution in [0.1, 0.15) is 28.7 Å². The molecule has 364 valence electrons. The number of hydrogen-bond acceptors (Lipinski definition) is 17. The average Bonchev–Trinajstić information content (AvgIpc) is 3.80. The van der Waals surface area contributed by atoms with Crippen molar-refractivity contribution in [3.05, 3.63) is 150 Å². The highest BCUT2D eigenvalue weighted by atomic mass is 32.2. The van der Waals surface area contributed by atoms with Gasteiger partial charge < -0.3 is 34.1 Å². The molecule has 2 aliphatic heterocycles. The second-order valence-electron chi connectivity index (χ2n) is 15.6. The Hall–Kier alpha value is -7.47. The summed E-state index contributed by atoms with van der Waals surface area (Å²) in [4.78, 5) is 103. The van der Waals surface area contributed by atoms with Gasteiger partial charge in [0.2, 0.25) is 11.8 Å². The first-order valence-electron chi connectivity index (χ1n) is 21.3. The van der Waals surface area contributed by atoms with Crippen LogP contribution in [-0.4, -0.2) is 128 Å². The van der Waals surface area contributed by atoms with Crippen LogP contribution >= 0.6 is 23.5 Å². The smallest absolute Gasteiger partial charge is 0.410 e. The molecule has 69 heavy (non-hydrogen) atoms. The summed E-state index contributed by atoms with van der Waals surface area (Å²) in [5, 5.41) is 35.5. The van der Waals surface area contributed by atoms with Gasteiger partial charge in [-0.25, -0.2) is 14.4 Å². The fourth-order valence-corrected chi connectivity index (χ4v) is 9.29. The molecule has 24 heteroatoms. The minimum Gasteiger partial charge on any atom is -0.497 e. The molecule has 2 heterocycles. The van der Waals surface area contributed by atoms with Crippen LogP contribution in [0.25, 0.3) is 0 Å². The Morgan fingerprint density at radius 1 is 0.667 bits per heavy atom. The molecule has 0 aliphatic carbocycles. The lowest BCUT2D eigenvalue weighted by Gasteiger charge is -2.37. The summed E-state index contributed by atoms with van der Waals surface area (Å²) in [6, 6.07) is 21.7. The number of methoxy groups -OCH3 is 1. The monoisotopic (exact) mass is 989 g/mol. The maximum Gasteiger partial charge on any atom is 0.410 e. The van der Waals surface area contributed by atoms with Crippen LogP contribution in [-0.2, 0) is 54.2 Å². The van der Waals surface area contributed by atoms with Crippen molar-refractivity contribution in [2.45, 2.75) is 49.3 Å². The van der Waals surface area contributed by atoms with E-state index in [2.05, 4.69) is 5.32 Å². The fraction of sp³-hybridized carbons (Fsp3) is 0.356. The zero-order valence-electron chi connectivity index (χ0n) is 37.1. The number of likely N-dealkylation sites (tertiary alicyclic amines) is 1. The van der Waals surface area contributed by atoms with Gasteiger partial charge in [-0.05, 0) is 77.2 Å². The predicted molar refractivity (Wildman–Crippen MR) is 250 cm³/mol. The zero-order valence-corrected chi connectivity index (χ0v) is 38.7. The van der Waals surface area contributed by atoms with Gasteiger partial charge in [-0.2, -0.15) is 11.8 Å². The molecule has 3 atom stereocenters. The maximum atomic E-state index is 14.1. The van der Waals surface area contributed by atoms with Gasteiger partial charge in [0.25, 0.3) is 17.1 Å². The Morgan fingerprint density at radius 3 is 1.65 bits per heavy atom. The van der Waals surface area contributed by atoms with Crippen molar-refractivity contribution in [2.24, 2.45) is 0 Å². The molecule has 4 amide bonds. The summed E-state index contributed by atoms with van der Waals surface area (Å²) in [6.07, 6.45) is -1.34. The number of benzene rings is 4. The number of ether oxygens (including phenoxy) is 4. The number of esters is 1. The molecule has 6 rings (SSSR count). The van der Waals surface area contributed by atoms with Crippen LogP contribution in [0.4, 0.5) is 26.7 Å². The third-order valence-electron chi connectivity index (χ3n) is 11.0. The summed E-state index contributed by atoms with van der Waals surface area (Å²) in [6.45, 7) is 0.269. The Balaban J connectivity index is 1.02. The lowest BCUT2D eigenvalue weighted by atomic mass is 10.1. The number of nitrogens with zero attached hydrogens (tertiary/aromatic N) is 6. The molecule has 4 aromatic rings. The molecule has 0 bridgehead atoms. The first-order chi connectivity index (χ1) is 33.2. The molecule has 4 aromatic carbocycles. The highest BCUT2D eigenvalue weighted by Gasteiger charge is 2.43. The Morgan fingerprint density at radius 2 is 1.14 bits per heavy atom. The van der Waals surface area contributed by atoms with E-state index < -0.39 is 45.0 Å². The van der Waals surface area contributed by atoms with Crippen molar-refractivity contribution < 1.29 is 57.7 Å². The molecule has 1 N–H and O–H groups in total. The Labute approximate surface area is 403 Å². The van der Waals surface area contributed by atoms with Gasteiger partial charge in [-0.15, -0.1) is 11.8 Å². The van der Waals surface area contributed by atoms with E-state index in [4.69, 9.17) is 18.9 Å². The van der Waals surface area contributed by atoms with Crippen molar-refractivity contribution >= 4 is 70.6 Å². The van der Waals surface area contributed by atoms with Gasteiger partial charge in [0.1, 0.15) is 37.7 Å². The van der Waals surface area contributed by atoms with Crippen molar-refractivity contribution in [3.63, 3.8) is 0 Å². The number of non-ortho nitro benzene ring substituents is 3. The van der Waals surface area contributed by atoms with Crippen molar-refractivity contribution in [2.75, 3.05) is 51.3 Å². The van der Waals surface area contributed by atoms with Gasteiger partial charge >= 0.3 is 18.2 Å². The highest BCUT2D eigenvalue weighted by Crippen LogP contribution is 2.32. The zero-order chi connectivity index (χ0) is 49.5. The van der Waals surface area contributed by atoms with Crippen LogP contribution in [0, 0.1) is 30.3 Å². The maximum absolute atomic E-state index is 14.1. The van der Waals surface area contributed by atoms with E-state index in [1.165, 1.54) is 77.7 Å². The molecule has 0 spiro atoms. The van der Waals surface area contributed by atoms with Gasteiger partial charge in [-0.1, -0.05) is 12.1 Å². The second kappa shape index (κ2) is 24.5. The minimum absolute atomic E-state index is 0.106. The number of nitro benzene ring substituents is 3. The number of hydrogen-bond donors (Lipinski definition) is 1. The van der Waals surface area contributed by atoms with E-state index in [9.17, 15) is 54.3 Å². The van der Waals surface area contributed by atoms with Crippen molar-refractivity contribution in [1.29, 1.82) is 0 Å². The molecule has 22 nitrogen and oxygen atoms in total. The summed E-state index contributed by atoms with van der Waals surface area (Å²) < 4.78 is 21.5.